The Balaban J connectivity index is 1.85. The molecule has 0 aliphatic heterocycles. The summed E-state index contributed by atoms with van der Waals surface area (Å²) in [7, 11) is -3.30. The summed E-state index contributed by atoms with van der Waals surface area (Å²) in [5.41, 5.74) is 6.23. The fourth-order valence-corrected chi connectivity index (χ4v) is 3.17. The maximum atomic E-state index is 12.1. The molecule has 0 unspecified atom stereocenters. The number of sulfone groups is 1. The Morgan fingerprint density at radius 3 is 2.24 bits per heavy atom. The molecule has 0 bridgehead atoms. The number of halogens is 1. The van der Waals surface area contributed by atoms with Crippen LogP contribution in [0.15, 0.2) is 53.4 Å². The topological polar surface area (TPSA) is 69.4 Å². The number of anilines is 1. The number of hydrogen-bond acceptors (Lipinski definition) is 4. The van der Waals surface area contributed by atoms with Crippen molar-refractivity contribution < 1.29 is 13.2 Å². The zero-order valence-electron chi connectivity index (χ0n) is 11.3. The van der Waals surface area contributed by atoms with Crippen molar-refractivity contribution in [2.24, 2.45) is 0 Å². The van der Waals surface area contributed by atoms with Crippen molar-refractivity contribution in [3.63, 3.8) is 0 Å². The smallest absolute Gasteiger partial charge is 0.178 e. The van der Waals surface area contributed by atoms with Gasteiger partial charge in [-0.05, 0) is 55.0 Å². The predicted octanol–water partition coefficient (Wildman–Crippen LogP) is 3.17. The van der Waals surface area contributed by atoms with Gasteiger partial charge in [0, 0.05) is 10.7 Å². The Bertz CT molecular complexity index is 682. The SMILES string of the molecule is Nc1ccc(OCCCS(=O)(=O)c2ccc(Cl)cc2)cc1. The van der Waals surface area contributed by atoms with Crippen molar-refractivity contribution in [2.45, 2.75) is 11.3 Å². The van der Waals surface area contributed by atoms with E-state index >= 15 is 0 Å². The van der Waals surface area contributed by atoms with Crippen LogP contribution in [0.5, 0.6) is 5.75 Å². The summed E-state index contributed by atoms with van der Waals surface area (Å²) in [4.78, 5) is 0.277. The highest BCUT2D eigenvalue weighted by atomic mass is 35.5. The highest BCUT2D eigenvalue weighted by Gasteiger charge is 2.13. The second-order valence-corrected chi connectivity index (χ2v) is 7.09. The summed E-state index contributed by atoms with van der Waals surface area (Å²) in [5, 5.41) is 0.514. The van der Waals surface area contributed by atoms with Crippen LogP contribution in [-0.4, -0.2) is 20.8 Å². The van der Waals surface area contributed by atoms with E-state index in [-0.39, 0.29) is 10.6 Å². The first kappa shape index (κ1) is 15.7. The van der Waals surface area contributed by atoms with Gasteiger partial charge in [-0.1, -0.05) is 11.6 Å². The highest BCUT2D eigenvalue weighted by Crippen LogP contribution is 2.17. The van der Waals surface area contributed by atoms with Crippen LogP contribution >= 0.6 is 11.6 Å². The Morgan fingerprint density at radius 1 is 1.00 bits per heavy atom. The minimum atomic E-state index is -3.30. The molecular weight excluding hydrogens is 310 g/mol. The zero-order valence-corrected chi connectivity index (χ0v) is 12.9. The molecule has 0 atom stereocenters. The maximum Gasteiger partial charge on any atom is 0.178 e. The van der Waals surface area contributed by atoms with E-state index in [2.05, 4.69) is 0 Å². The van der Waals surface area contributed by atoms with Crippen molar-refractivity contribution in [1.29, 1.82) is 0 Å². The van der Waals surface area contributed by atoms with Crippen LogP contribution in [0.1, 0.15) is 6.42 Å². The molecule has 4 nitrogen and oxygen atoms in total. The first-order valence-corrected chi connectivity index (χ1v) is 8.47. The summed E-state index contributed by atoms with van der Waals surface area (Å²) < 4.78 is 29.6. The summed E-state index contributed by atoms with van der Waals surface area (Å²) in [6.07, 6.45) is 0.412. The lowest BCUT2D eigenvalue weighted by Crippen LogP contribution is -2.10. The van der Waals surface area contributed by atoms with Gasteiger partial charge in [0.1, 0.15) is 5.75 Å². The van der Waals surface area contributed by atoms with E-state index < -0.39 is 9.84 Å². The number of nitrogen functional groups attached to an aromatic ring is 1. The minimum absolute atomic E-state index is 0.0314. The first-order valence-electron chi connectivity index (χ1n) is 6.44. The molecule has 0 radical (unpaired) electrons. The van der Waals surface area contributed by atoms with Gasteiger partial charge in [0.25, 0.3) is 0 Å². The second kappa shape index (κ2) is 6.83. The minimum Gasteiger partial charge on any atom is -0.494 e. The molecule has 0 saturated heterocycles. The quantitative estimate of drug-likeness (QED) is 0.654. The third kappa shape index (κ3) is 4.65. The van der Waals surface area contributed by atoms with Crippen LogP contribution in [0.3, 0.4) is 0 Å². The summed E-state index contributed by atoms with van der Waals surface area (Å²) in [5.74, 6) is 0.706. The van der Waals surface area contributed by atoms with Crippen molar-refractivity contribution in [1.82, 2.24) is 0 Å². The number of rotatable bonds is 6. The molecule has 2 aromatic carbocycles. The average Bonchev–Trinajstić information content (AvgIpc) is 2.46. The second-order valence-electron chi connectivity index (χ2n) is 4.54. The van der Waals surface area contributed by atoms with Crippen molar-refractivity contribution in [2.75, 3.05) is 18.1 Å². The van der Waals surface area contributed by atoms with Crippen LogP contribution in [0.4, 0.5) is 5.69 Å². The molecule has 0 amide bonds. The standard InChI is InChI=1S/C15H16ClNO3S/c16-12-2-8-15(9-3-12)21(18,19)11-1-10-20-14-6-4-13(17)5-7-14/h2-9H,1,10-11,17H2. The third-order valence-electron chi connectivity index (χ3n) is 2.88. The molecular formula is C15H16ClNO3S. The van der Waals surface area contributed by atoms with E-state index in [1.54, 1.807) is 36.4 Å². The van der Waals surface area contributed by atoms with Gasteiger partial charge < -0.3 is 10.5 Å². The fraction of sp³-hybridized carbons (Fsp3) is 0.200. The molecule has 2 aromatic rings. The van der Waals surface area contributed by atoms with Gasteiger partial charge >= 0.3 is 0 Å². The van der Waals surface area contributed by atoms with Gasteiger partial charge in [0.05, 0.1) is 17.3 Å². The summed E-state index contributed by atoms with van der Waals surface area (Å²) >= 11 is 5.74. The van der Waals surface area contributed by atoms with Crippen molar-refractivity contribution in [3.8, 4) is 5.75 Å². The van der Waals surface area contributed by atoms with Crippen LogP contribution in [-0.2, 0) is 9.84 Å². The molecule has 0 saturated carbocycles. The van der Waals surface area contributed by atoms with Gasteiger partial charge in [-0.25, -0.2) is 8.42 Å². The van der Waals surface area contributed by atoms with Crippen molar-refractivity contribution in [3.05, 3.63) is 53.6 Å². The monoisotopic (exact) mass is 325 g/mol. The molecule has 2 rings (SSSR count). The normalized spacial score (nSPS) is 11.3. The fourth-order valence-electron chi connectivity index (χ4n) is 1.76. The summed E-state index contributed by atoms with van der Waals surface area (Å²) in [6.45, 7) is 0.330. The Morgan fingerprint density at radius 2 is 1.62 bits per heavy atom. The van der Waals surface area contributed by atoms with Crippen LogP contribution in [0.2, 0.25) is 5.02 Å². The predicted molar refractivity (Wildman–Crippen MR) is 84.5 cm³/mol. The zero-order chi connectivity index (χ0) is 15.3. The molecule has 0 heterocycles. The highest BCUT2D eigenvalue weighted by molar-refractivity contribution is 7.91. The molecule has 0 fully saturated rings. The lowest BCUT2D eigenvalue weighted by atomic mass is 10.3. The molecule has 0 spiro atoms. The van der Waals surface area contributed by atoms with Gasteiger partial charge in [-0.15, -0.1) is 0 Å². The number of benzene rings is 2. The van der Waals surface area contributed by atoms with E-state index in [1.807, 2.05) is 0 Å². The van der Waals surface area contributed by atoms with Gasteiger partial charge in [-0.2, -0.15) is 0 Å². The van der Waals surface area contributed by atoms with Crippen LogP contribution < -0.4 is 10.5 Å². The van der Waals surface area contributed by atoms with E-state index in [9.17, 15) is 8.42 Å². The molecule has 0 aliphatic rings. The van der Waals surface area contributed by atoms with Gasteiger partial charge in [0.15, 0.2) is 9.84 Å². The van der Waals surface area contributed by atoms with E-state index in [4.69, 9.17) is 22.1 Å². The van der Waals surface area contributed by atoms with E-state index in [0.717, 1.165) is 0 Å². The number of hydrogen-bond donors (Lipinski definition) is 1. The van der Waals surface area contributed by atoms with Gasteiger partial charge in [-0.3, -0.25) is 0 Å². The Labute approximate surface area is 129 Å². The summed E-state index contributed by atoms with van der Waals surface area (Å²) in [6, 6.07) is 13.1. The van der Waals surface area contributed by atoms with E-state index in [0.29, 0.717) is 29.5 Å². The lowest BCUT2D eigenvalue weighted by Gasteiger charge is -2.07. The average molecular weight is 326 g/mol. The molecule has 0 aliphatic carbocycles. The lowest BCUT2D eigenvalue weighted by molar-refractivity contribution is 0.317. The Hall–Kier alpha value is -1.72. The number of nitrogens with two attached hydrogens (primary N) is 1. The third-order valence-corrected chi connectivity index (χ3v) is 4.95. The maximum absolute atomic E-state index is 12.1. The molecule has 112 valence electrons. The van der Waals surface area contributed by atoms with Gasteiger partial charge in [0.2, 0.25) is 0 Å². The molecule has 6 heteroatoms. The van der Waals surface area contributed by atoms with Crippen LogP contribution in [0.25, 0.3) is 0 Å². The van der Waals surface area contributed by atoms with Crippen molar-refractivity contribution >= 4 is 27.1 Å². The van der Waals surface area contributed by atoms with Crippen LogP contribution in [0, 0.1) is 0 Å². The van der Waals surface area contributed by atoms with E-state index in [1.165, 1.54) is 12.1 Å². The first-order chi connectivity index (χ1) is 9.97. The molecule has 0 aromatic heterocycles. The number of ether oxygens (including phenoxy) is 1. The molecule has 21 heavy (non-hydrogen) atoms. The molecule has 2 N–H and O–H groups in total. The Kier molecular flexibility index (Phi) is 5.09. The largest absolute Gasteiger partial charge is 0.494 e.